The summed E-state index contributed by atoms with van der Waals surface area (Å²) >= 11 is 0. The Morgan fingerprint density at radius 1 is 1.03 bits per heavy atom. The van der Waals surface area contributed by atoms with Gasteiger partial charge in [-0.25, -0.2) is 14.2 Å². The van der Waals surface area contributed by atoms with Gasteiger partial charge in [-0.05, 0) is 54.1 Å². The van der Waals surface area contributed by atoms with Crippen LogP contribution in [0.1, 0.15) is 43.0 Å². The average Bonchev–Trinajstić information content (AvgIpc) is 3.23. The lowest BCUT2D eigenvalue weighted by atomic mass is 10.0. The lowest BCUT2D eigenvalue weighted by Gasteiger charge is -2.35. The summed E-state index contributed by atoms with van der Waals surface area (Å²) < 4.78 is 59.3. The molecule has 2 aromatic carbocycles. The normalized spacial score (nSPS) is 16.3. The number of hydrogen-bond donors (Lipinski definition) is 0. The minimum atomic E-state index is -4.61. The molecule has 38 heavy (non-hydrogen) atoms. The maximum Gasteiger partial charge on any atom is 0.416 e. The summed E-state index contributed by atoms with van der Waals surface area (Å²) in [5, 5.41) is 8.91. The number of cyclic esters (lactones) is 1. The lowest BCUT2D eigenvalue weighted by Crippen LogP contribution is -2.49. The second-order valence-corrected chi connectivity index (χ2v) is 8.69. The van der Waals surface area contributed by atoms with E-state index in [1.807, 2.05) is 11.0 Å². The van der Waals surface area contributed by atoms with E-state index in [0.29, 0.717) is 37.6 Å². The van der Waals surface area contributed by atoms with E-state index in [1.54, 1.807) is 12.1 Å². The van der Waals surface area contributed by atoms with Gasteiger partial charge in [-0.2, -0.15) is 18.4 Å². The zero-order valence-corrected chi connectivity index (χ0v) is 19.6. The molecule has 0 bridgehead atoms. The molecule has 192 valence electrons. The Morgan fingerprint density at radius 2 is 1.79 bits per heavy atom. The van der Waals surface area contributed by atoms with E-state index in [2.05, 4.69) is 4.98 Å². The fourth-order valence-corrected chi connectivity index (χ4v) is 4.32. The van der Waals surface area contributed by atoms with Crippen LogP contribution in [0.25, 0.3) is 11.8 Å². The highest BCUT2D eigenvalue weighted by Gasteiger charge is 2.35. The Balaban J connectivity index is 1.35. The third-order valence-corrected chi connectivity index (χ3v) is 6.32. The van der Waals surface area contributed by atoms with Crippen LogP contribution in [-0.2, 0) is 10.9 Å². The van der Waals surface area contributed by atoms with Gasteiger partial charge in [0, 0.05) is 37.9 Å². The van der Waals surface area contributed by atoms with Crippen LogP contribution >= 0.6 is 0 Å². The van der Waals surface area contributed by atoms with Crippen molar-refractivity contribution in [2.75, 3.05) is 31.1 Å². The minimum absolute atomic E-state index is 0.0164. The van der Waals surface area contributed by atoms with E-state index < -0.39 is 29.4 Å². The molecule has 0 aliphatic carbocycles. The first kappa shape index (κ1) is 25.0. The number of amides is 1. The highest BCUT2D eigenvalue weighted by atomic mass is 19.4. The lowest BCUT2D eigenvalue weighted by molar-refractivity contribution is -0.137. The number of carbonyl (C=O) groups is 2. The monoisotopic (exact) mass is 522 g/mol. The minimum Gasteiger partial charge on any atom is -0.422 e. The molecule has 5 rings (SSSR count). The molecule has 0 radical (unpaired) electrons. The van der Waals surface area contributed by atoms with Gasteiger partial charge in [-0.1, -0.05) is 6.07 Å². The van der Waals surface area contributed by atoms with Crippen LogP contribution < -0.4 is 4.90 Å². The van der Waals surface area contributed by atoms with Crippen molar-refractivity contribution in [2.45, 2.75) is 6.18 Å². The maximum absolute atomic E-state index is 14.7. The zero-order chi connectivity index (χ0) is 27.0. The van der Waals surface area contributed by atoms with E-state index in [0.717, 1.165) is 24.3 Å². The first-order valence-corrected chi connectivity index (χ1v) is 11.5. The molecule has 3 heterocycles. The topological polar surface area (TPSA) is 86.5 Å². The van der Waals surface area contributed by atoms with E-state index in [-0.39, 0.29) is 28.0 Å². The molecule has 2 aliphatic rings. The summed E-state index contributed by atoms with van der Waals surface area (Å²) in [6, 6.07) is 11.7. The molecule has 3 aromatic rings. The number of nitriles is 1. The number of pyridine rings is 1. The highest BCUT2D eigenvalue weighted by molar-refractivity contribution is 6.06. The molecule has 1 saturated heterocycles. The van der Waals surface area contributed by atoms with Crippen LogP contribution in [0.3, 0.4) is 0 Å². The molecule has 11 heteroatoms. The molecule has 0 N–H and O–H groups in total. The number of rotatable bonds is 3. The van der Waals surface area contributed by atoms with E-state index in [4.69, 9.17) is 10.00 Å². The number of ether oxygens (including phenoxy) is 1. The van der Waals surface area contributed by atoms with Crippen molar-refractivity contribution in [1.82, 2.24) is 9.88 Å². The van der Waals surface area contributed by atoms with Crippen molar-refractivity contribution in [2.24, 2.45) is 0 Å². The van der Waals surface area contributed by atoms with Gasteiger partial charge in [-0.3, -0.25) is 4.79 Å². The molecule has 0 unspecified atom stereocenters. The van der Waals surface area contributed by atoms with Crippen molar-refractivity contribution >= 4 is 29.5 Å². The van der Waals surface area contributed by atoms with Crippen molar-refractivity contribution < 1.29 is 31.9 Å². The van der Waals surface area contributed by atoms with Gasteiger partial charge in [0.15, 0.2) is 0 Å². The van der Waals surface area contributed by atoms with Gasteiger partial charge in [0.2, 0.25) is 0 Å². The number of esters is 1. The van der Waals surface area contributed by atoms with E-state index in [1.165, 1.54) is 29.3 Å². The number of benzene rings is 2. The largest absolute Gasteiger partial charge is 0.422 e. The van der Waals surface area contributed by atoms with Gasteiger partial charge < -0.3 is 14.5 Å². The van der Waals surface area contributed by atoms with E-state index in [9.17, 15) is 27.2 Å². The number of hydrogen-bond acceptors (Lipinski definition) is 6. The number of aromatic nitrogens is 1. The number of halogens is 4. The standard InChI is InChI=1S/C27H18F4N4O3/c28-22-5-1-16(12-23-20-13-18(27(29,30)31)3-4-19(20)26(37)38-23)11-21(22)25(36)35-9-7-34(8-10-35)24-6-2-17(14-32)15-33-24/h1-6,11-13,15H,7-10H2/b23-12-. The quantitative estimate of drug-likeness (QED) is 0.365. The Morgan fingerprint density at radius 3 is 2.45 bits per heavy atom. The van der Waals surface area contributed by atoms with Gasteiger partial charge in [0.05, 0.1) is 22.3 Å². The van der Waals surface area contributed by atoms with Crippen LogP contribution in [0.15, 0.2) is 54.7 Å². The predicted molar refractivity (Wildman–Crippen MR) is 128 cm³/mol. The highest BCUT2D eigenvalue weighted by Crippen LogP contribution is 2.37. The number of fused-ring (bicyclic) bond motifs is 1. The molecule has 1 amide bonds. The van der Waals surface area contributed by atoms with E-state index >= 15 is 0 Å². The SMILES string of the molecule is N#Cc1ccc(N2CCN(C(=O)c3cc(/C=C4\OC(=O)c5ccc(C(F)(F)F)cc54)ccc3F)CC2)nc1. The molecule has 7 nitrogen and oxygen atoms in total. The Kier molecular flexibility index (Phi) is 6.32. The summed E-state index contributed by atoms with van der Waals surface area (Å²) in [5.41, 5.74) is -0.483. The van der Waals surface area contributed by atoms with Gasteiger partial charge in [0.25, 0.3) is 5.91 Å². The predicted octanol–water partition coefficient (Wildman–Crippen LogP) is 4.74. The zero-order valence-electron chi connectivity index (χ0n) is 19.6. The maximum atomic E-state index is 14.7. The molecule has 2 aliphatic heterocycles. The van der Waals surface area contributed by atoms with Crippen molar-refractivity contribution in [3.63, 3.8) is 0 Å². The molecular formula is C27H18F4N4O3. The first-order chi connectivity index (χ1) is 18.1. The fraction of sp³-hybridized carbons (Fsp3) is 0.185. The smallest absolute Gasteiger partial charge is 0.416 e. The molecule has 0 atom stereocenters. The van der Waals surface area contributed by atoms with Crippen LogP contribution in [0.2, 0.25) is 0 Å². The van der Waals surface area contributed by atoms with Gasteiger partial charge in [0.1, 0.15) is 23.5 Å². The number of piperazine rings is 1. The van der Waals surface area contributed by atoms with Gasteiger partial charge in [-0.15, -0.1) is 0 Å². The molecular weight excluding hydrogens is 504 g/mol. The first-order valence-electron chi connectivity index (χ1n) is 11.5. The summed E-state index contributed by atoms with van der Waals surface area (Å²) in [6.07, 6.45) is -1.85. The number of carbonyl (C=O) groups excluding carboxylic acids is 2. The van der Waals surface area contributed by atoms with Crippen molar-refractivity contribution in [3.05, 3.63) is 93.9 Å². The Bertz CT molecular complexity index is 1500. The number of nitrogens with zero attached hydrogens (tertiary/aromatic N) is 4. The molecule has 1 fully saturated rings. The summed E-state index contributed by atoms with van der Waals surface area (Å²) in [5.74, 6) is -1.55. The summed E-state index contributed by atoms with van der Waals surface area (Å²) in [7, 11) is 0. The molecule has 1 aromatic heterocycles. The van der Waals surface area contributed by atoms with Crippen LogP contribution in [-0.4, -0.2) is 47.9 Å². The molecule has 0 saturated carbocycles. The van der Waals surface area contributed by atoms with Gasteiger partial charge >= 0.3 is 12.1 Å². The number of alkyl halides is 3. The third-order valence-electron chi connectivity index (χ3n) is 6.32. The summed E-state index contributed by atoms with van der Waals surface area (Å²) in [6.45, 7) is 1.50. The average molecular weight is 522 g/mol. The second-order valence-electron chi connectivity index (χ2n) is 8.69. The van der Waals surface area contributed by atoms with Crippen molar-refractivity contribution in [1.29, 1.82) is 5.26 Å². The van der Waals surface area contributed by atoms with Crippen LogP contribution in [0.4, 0.5) is 23.4 Å². The second kappa shape index (κ2) is 9.63. The van der Waals surface area contributed by atoms with Crippen LogP contribution in [0.5, 0.6) is 0 Å². The molecule has 0 spiro atoms. The number of anilines is 1. The van der Waals surface area contributed by atoms with Crippen LogP contribution in [0, 0.1) is 17.1 Å². The Hall–Kier alpha value is -4.72. The Labute approximate surface area is 214 Å². The summed E-state index contributed by atoms with van der Waals surface area (Å²) in [4.78, 5) is 33.0. The third kappa shape index (κ3) is 4.80. The van der Waals surface area contributed by atoms with Crippen molar-refractivity contribution in [3.8, 4) is 6.07 Å². The fourth-order valence-electron chi connectivity index (χ4n) is 4.32.